The van der Waals surface area contributed by atoms with Gasteiger partial charge in [0.1, 0.15) is 5.82 Å². The van der Waals surface area contributed by atoms with Gasteiger partial charge in [0.05, 0.1) is 11.4 Å². The van der Waals surface area contributed by atoms with E-state index in [0.29, 0.717) is 29.9 Å². The predicted molar refractivity (Wildman–Crippen MR) is 104 cm³/mol. The van der Waals surface area contributed by atoms with Gasteiger partial charge < -0.3 is 10.2 Å². The van der Waals surface area contributed by atoms with Crippen LogP contribution in [-0.4, -0.2) is 51.3 Å². The van der Waals surface area contributed by atoms with Crippen molar-refractivity contribution in [3.05, 3.63) is 53.7 Å². The van der Waals surface area contributed by atoms with Crippen LogP contribution >= 0.6 is 0 Å². The molecule has 5 rings (SSSR count). The molecule has 0 atom stereocenters. The van der Waals surface area contributed by atoms with Gasteiger partial charge in [-0.3, -0.25) is 9.20 Å². The molecule has 0 aromatic carbocycles. The molecule has 136 valence electrons. The SMILES string of the molecule is O=C1CCc2nc(N3CCNCC3)ccc2C=C1c1cn2cccnc2n1. The van der Waals surface area contributed by atoms with Crippen LogP contribution in [0, 0.1) is 0 Å². The minimum absolute atomic E-state index is 0.0973. The number of carbonyl (C=O) groups excluding carboxylic acids is 1. The lowest BCUT2D eigenvalue weighted by Gasteiger charge is -2.28. The highest BCUT2D eigenvalue weighted by Gasteiger charge is 2.22. The summed E-state index contributed by atoms with van der Waals surface area (Å²) in [6.45, 7) is 3.87. The van der Waals surface area contributed by atoms with Gasteiger partial charge in [0, 0.05) is 56.8 Å². The van der Waals surface area contributed by atoms with E-state index in [4.69, 9.17) is 4.98 Å². The van der Waals surface area contributed by atoms with Crippen LogP contribution in [0.4, 0.5) is 5.82 Å². The number of aryl methyl sites for hydroxylation is 1. The zero-order valence-corrected chi connectivity index (χ0v) is 14.9. The summed E-state index contributed by atoms with van der Waals surface area (Å²) in [7, 11) is 0. The Hall–Kier alpha value is -3.06. The molecule has 1 N–H and O–H groups in total. The number of imidazole rings is 1. The molecule has 7 nitrogen and oxygen atoms in total. The Morgan fingerprint density at radius 2 is 1.96 bits per heavy atom. The molecular formula is C20H20N6O. The highest BCUT2D eigenvalue weighted by Crippen LogP contribution is 2.27. The smallest absolute Gasteiger partial charge is 0.234 e. The van der Waals surface area contributed by atoms with Gasteiger partial charge in [-0.1, -0.05) is 0 Å². The van der Waals surface area contributed by atoms with E-state index in [0.717, 1.165) is 43.3 Å². The number of rotatable bonds is 2. The number of fused-ring (bicyclic) bond motifs is 2. The van der Waals surface area contributed by atoms with E-state index in [1.54, 1.807) is 6.20 Å². The maximum absolute atomic E-state index is 12.8. The molecule has 0 unspecified atom stereocenters. The fraction of sp³-hybridized carbons (Fsp3) is 0.300. The number of pyridine rings is 1. The molecular weight excluding hydrogens is 340 g/mol. The Balaban J connectivity index is 1.53. The van der Waals surface area contributed by atoms with Gasteiger partial charge in [0.25, 0.3) is 0 Å². The summed E-state index contributed by atoms with van der Waals surface area (Å²) >= 11 is 0. The average molecular weight is 360 g/mol. The highest BCUT2D eigenvalue weighted by molar-refractivity contribution is 6.25. The number of carbonyl (C=O) groups is 1. The number of Topliss-reactive ketones (excluding diaryl/α,β-unsaturated/α-hetero) is 1. The second kappa shape index (κ2) is 6.59. The Labute approximate surface area is 156 Å². The molecule has 1 aliphatic heterocycles. The molecule has 2 aliphatic rings. The first-order chi connectivity index (χ1) is 13.3. The molecule has 27 heavy (non-hydrogen) atoms. The molecule has 1 aliphatic carbocycles. The first-order valence-corrected chi connectivity index (χ1v) is 9.28. The standard InChI is InChI=1S/C20H20N6O/c27-18-4-3-16-14(2-5-19(23-16)25-10-7-21-8-11-25)12-15(18)17-13-26-9-1-6-22-20(26)24-17/h1-2,5-6,9,12-13,21H,3-4,7-8,10-11H2. The average Bonchev–Trinajstić information content (AvgIpc) is 3.07. The first kappa shape index (κ1) is 16.1. The topological polar surface area (TPSA) is 75.4 Å². The van der Waals surface area contributed by atoms with Crippen LogP contribution in [0.5, 0.6) is 0 Å². The number of aromatic nitrogens is 4. The molecule has 0 radical (unpaired) electrons. The minimum atomic E-state index is 0.0973. The van der Waals surface area contributed by atoms with Crippen molar-refractivity contribution >= 4 is 29.0 Å². The molecule has 1 saturated heterocycles. The van der Waals surface area contributed by atoms with Crippen molar-refractivity contribution in [3.8, 4) is 0 Å². The van der Waals surface area contributed by atoms with Gasteiger partial charge in [-0.2, -0.15) is 0 Å². The van der Waals surface area contributed by atoms with Crippen LogP contribution in [0.25, 0.3) is 17.4 Å². The van der Waals surface area contributed by atoms with Gasteiger partial charge in [-0.15, -0.1) is 0 Å². The summed E-state index contributed by atoms with van der Waals surface area (Å²) in [6, 6.07) is 5.98. The number of ketones is 1. The minimum Gasteiger partial charge on any atom is -0.354 e. The lowest BCUT2D eigenvalue weighted by molar-refractivity contribution is -0.113. The summed E-state index contributed by atoms with van der Waals surface area (Å²) in [4.78, 5) is 28.7. The van der Waals surface area contributed by atoms with E-state index in [1.165, 1.54) is 0 Å². The molecule has 7 heteroatoms. The van der Waals surface area contributed by atoms with E-state index in [-0.39, 0.29) is 5.78 Å². The van der Waals surface area contributed by atoms with Crippen LogP contribution in [0.3, 0.4) is 0 Å². The summed E-state index contributed by atoms with van der Waals surface area (Å²) in [5.74, 6) is 1.69. The predicted octanol–water partition coefficient (Wildman–Crippen LogP) is 1.59. The second-order valence-electron chi connectivity index (χ2n) is 6.88. The Morgan fingerprint density at radius 1 is 1.07 bits per heavy atom. The maximum atomic E-state index is 12.8. The normalized spacial score (nSPS) is 17.6. The Kier molecular flexibility index (Phi) is 3.94. The molecule has 1 fully saturated rings. The van der Waals surface area contributed by atoms with Gasteiger partial charge in [-0.25, -0.2) is 15.0 Å². The van der Waals surface area contributed by atoms with Crippen LogP contribution in [0.15, 0.2) is 36.8 Å². The zero-order chi connectivity index (χ0) is 18.2. The van der Waals surface area contributed by atoms with E-state index in [2.05, 4.69) is 32.3 Å². The first-order valence-electron chi connectivity index (χ1n) is 9.28. The summed E-state index contributed by atoms with van der Waals surface area (Å²) in [5, 5.41) is 3.36. The monoisotopic (exact) mass is 360 g/mol. The molecule has 0 saturated carbocycles. The van der Waals surface area contributed by atoms with Gasteiger partial charge >= 0.3 is 0 Å². The molecule has 0 amide bonds. The fourth-order valence-corrected chi connectivity index (χ4v) is 3.68. The van der Waals surface area contributed by atoms with E-state index < -0.39 is 0 Å². The third-order valence-corrected chi connectivity index (χ3v) is 5.14. The number of nitrogens with zero attached hydrogens (tertiary/aromatic N) is 5. The molecule has 0 spiro atoms. The number of hydrogen-bond acceptors (Lipinski definition) is 6. The third-order valence-electron chi connectivity index (χ3n) is 5.14. The molecule has 0 bridgehead atoms. The Morgan fingerprint density at radius 3 is 2.81 bits per heavy atom. The number of nitrogens with one attached hydrogen (secondary N) is 1. The number of piperazine rings is 1. The van der Waals surface area contributed by atoms with Crippen molar-refractivity contribution in [3.63, 3.8) is 0 Å². The number of allylic oxidation sites excluding steroid dienone is 1. The Bertz CT molecular complexity index is 1010. The maximum Gasteiger partial charge on any atom is 0.234 e. The second-order valence-corrected chi connectivity index (χ2v) is 6.88. The summed E-state index contributed by atoms with van der Waals surface area (Å²) in [6.07, 6.45) is 8.47. The van der Waals surface area contributed by atoms with E-state index >= 15 is 0 Å². The zero-order valence-electron chi connectivity index (χ0n) is 14.9. The van der Waals surface area contributed by atoms with E-state index in [1.807, 2.05) is 28.9 Å². The van der Waals surface area contributed by atoms with Crippen molar-refractivity contribution in [2.45, 2.75) is 12.8 Å². The summed E-state index contributed by atoms with van der Waals surface area (Å²) < 4.78 is 1.83. The van der Waals surface area contributed by atoms with Crippen molar-refractivity contribution in [2.24, 2.45) is 0 Å². The lowest BCUT2D eigenvalue weighted by Crippen LogP contribution is -2.44. The quantitative estimate of drug-likeness (QED) is 0.748. The van der Waals surface area contributed by atoms with Crippen LogP contribution in [-0.2, 0) is 11.2 Å². The van der Waals surface area contributed by atoms with E-state index in [9.17, 15) is 4.79 Å². The fourth-order valence-electron chi connectivity index (χ4n) is 3.68. The van der Waals surface area contributed by atoms with Gasteiger partial charge in [0.15, 0.2) is 5.78 Å². The van der Waals surface area contributed by atoms with Crippen LogP contribution < -0.4 is 10.2 Å². The number of anilines is 1. The van der Waals surface area contributed by atoms with Crippen LogP contribution in [0.2, 0.25) is 0 Å². The molecule has 3 aromatic rings. The highest BCUT2D eigenvalue weighted by atomic mass is 16.1. The van der Waals surface area contributed by atoms with Crippen molar-refractivity contribution in [1.29, 1.82) is 0 Å². The largest absolute Gasteiger partial charge is 0.354 e. The van der Waals surface area contributed by atoms with Crippen LogP contribution in [0.1, 0.15) is 23.4 Å². The van der Waals surface area contributed by atoms with Crippen molar-refractivity contribution in [2.75, 3.05) is 31.1 Å². The lowest BCUT2D eigenvalue weighted by atomic mass is 10.1. The summed E-state index contributed by atoms with van der Waals surface area (Å²) in [5.41, 5.74) is 3.28. The van der Waals surface area contributed by atoms with Gasteiger partial charge in [0.2, 0.25) is 5.78 Å². The third kappa shape index (κ3) is 3.00. The van der Waals surface area contributed by atoms with Crippen molar-refractivity contribution < 1.29 is 4.79 Å². The van der Waals surface area contributed by atoms with Crippen molar-refractivity contribution in [1.82, 2.24) is 24.7 Å². The van der Waals surface area contributed by atoms with Gasteiger partial charge in [-0.05, 0) is 36.3 Å². The molecule has 4 heterocycles. The molecule has 3 aromatic heterocycles. The number of hydrogen-bond donors (Lipinski definition) is 1.